The van der Waals surface area contributed by atoms with E-state index in [9.17, 15) is 8.42 Å². The number of hydrogen-bond acceptors (Lipinski definition) is 4. The third-order valence-electron chi connectivity index (χ3n) is 1.95. The molecule has 0 saturated heterocycles. The fourth-order valence-corrected chi connectivity index (χ4v) is 3.97. The molecular weight excluding hydrogens is 218 g/mol. The van der Waals surface area contributed by atoms with E-state index >= 15 is 0 Å². The number of thiophene rings is 1. The van der Waals surface area contributed by atoms with Gasteiger partial charge in [-0.05, 0) is 37.9 Å². The van der Waals surface area contributed by atoms with Gasteiger partial charge in [-0.15, -0.1) is 11.3 Å². The maximum absolute atomic E-state index is 11.9. The Morgan fingerprint density at radius 1 is 1.50 bits per heavy atom. The van der Waals surface area contributed by atoms with Crippen LogP contribution < -0.4 is 5.32 Å². The van der Waals surface area contributed by atoms with Gasteiger partial charge in [0, 0.05) is 6.54 Å². The lowest BCUT2D eigenvalue weighted by atomic mass is 10.3. The molecule has 0 aromatic carbocycles. The Bertz CT molecular complexity index is 393. The molecule has 0 aliphatic rings. The zero-order valence-electron chi connectivity index (χ0n) is 8.57. The van der Waals surface area contributed by atoms with Gasteiger partial charge in [0.25, 0.3) is 0 Å². The van der Waals surface area contributed by atoms with Crippen molar-refractivity contribution in [2.75, 3.05) is 7.05 Å². The van der Waals surface area contributed by atoms with Crippen molar-refractivity contribution in [3.63, 3.8) is 0 Å². The lowest BCUT2D eigenvalue weighted by Crippen LogP contribution is -2.16. The molecule has 1 rings (SSSR count). The van der Waals surface area contributed by atoms with Crippen LogP contribution in [0.2, 0.25) is 0 Å². The van der Waals surface area contributed by atoms with Crippen molar-refractivity contribution in [3.8, 4) is 0 Å². The van der Waals surface area contributed by atoms with Crippen LogP contribution in [0.4, 0.5) is 0 Å². The largest absolute Gasteiger partial charge is 0.316 e. The van der Waals surface area contributed by atoms with Crippen LogP contribution in [0, 0.1) is 0 Å². The van der Waals surface area contributed by atoms with Gasteiger partial charge in [0.1, 0.15) is 4.21 Å². The highest BCUT2D eigenvalue weighted by Crippen LogP contribution is 2.26. The Labute approximate surface area is 89.1 Å². The van der Waals surface area contributed by atoms with E-state index in [1.807, 2.05) is 18.5 Å². The van der Waals surface area contributed by atoms with E-state index in [0.717, 1.165) is 5.56 Å². The summed E-state index contributed by atoms with van der Waals surface area (Å²) in [7, 11) is -1.30. The van der Waals surface area contributed by atoms with Gasteiger partial charge in [0.2, 0.25) is 0 Å². The fraction of sp³-hybridized carbons (Fsp3) is 0.556. The van der Waals surface area contributed by atoms with Crippen molar-refractivity contribution in [3.05, 3.63) is 17.0 Å². The molecule has 0 amide bonds. The first kappa shape index (κ1) is 11.7. The predicted molar refractivity (Wildman–Crippen MR) is 59.4 cm³/mol. The van der Waals surface area contributed by atoms with E-state index in [4.69, 9.17) is 0 Å². The molecular formula is C9H15NO2S2. The molecule has 1 aromatic heterocycles. The molecule has 0 saturated carbocycles. The minimum Gasteiger partial charge on any atom is -0.316 e. The molecule has 5 heteroatoms. The summed E-state index contributed by atoms with van der Waals surface area (Å²) in [4.78, 5) is 0. The first-order valence-corrected chi connectivity index (χ1v) is 6.87. The van der Waals surface area contributed by atoms with Crippen molar-refractivity contribution in [1.29, 1.82) is 0 Å². The van der Waals surface area contributed by atoms with E-state index in [-0.39, 0.29) is 5.25 Å². The molecule has 80 valence electrons. The van der Waals surface area contributed by atoms with E-state index < -0.39 is 9.84 Å². The number of nitrogens with one attached hydrogen (secondary N) is 1. The fourth-order valence-electron chi connectivity index (χ4n) is 1.11. The van der Waals surface area contributed by atoms with E-state index in [2.05, 4.69) is 5.32 Å². The summed E-state index contributed by atoms with van der Waals surface area (Å²) in [5, 5.41) is 4.43. The Kier molecular flexibility index (Phi) is 3.69. The maximum atomic E-state index is 11.9. The summed E-state index contributed by atoms with van der Waals surface area (Å²) in [5.74, 6) is 0. The van der Waals surface area contributed by atoms with Crippen LogP contribution in [0.15, 0.2) is 15.7 Å². The SMILES string of the molecule is CNCc1ccsc1S(=O)(=O)C(C)C. The molecule has 0 spiro atoms. The van der Waals surface area contributed by atoms with E-state index in [1.54, 1.807) is 13.8 Å². The molecule has 14 heavy (non-hydrogen) atoms. The van der Waals surface area contributed by atoms with Crippen LogP contribution in [0.25, 0.3) is 0 Å². The minimum atomic E-state index is -3.11. The Morgan fingerprint density at radius 2 is 2.14 bits per heavy atom. The monoisotopic (exact) mass is 233 g/mol. The van der Waals surface area contributed by atoms with Crippen LogP contribution in [0.5, 0.6) is 0 Å². The van der Waals surface area contributed by atoms with Crippen molar-refractivity contribution in [2.45, 2.75) is 29.9 Å². The van der Waals surface area contributed by atoms with Crippen molar-refractivity contribution in [1.82, 2.24) is 5.32 Å². The average Bonchev–Trinajstić information content (AvgIpc) is 2.53. The highest BCUT2D eigenvalue weighted by atomic mass is 32.2. The Hall–Kier alpha value is -0.390. The number of rotatable bonds is 4. The predicted octanol–water partition coefficient (Wildman–Crippen LogP) is 1.65. The zero-order chi connectivity index (χ0) is 10.8. The summed E-state index contributed by atoms with van der Waals surface area (Å²) < 4.78 is 24.2. The van der Waals surface area contributed by atoms with Crippen LogP contribution >= 0.6 is 11.3 Å². The van der Waals surface area contributed by atoms with Crippen LogP contribution in [-0.4, -0.2) is 20.7 Å². The van der Waals surface area contributed by atoms with Crippen molar-refractivity contribution in [2.24, 2.45) is 0 Å². The number of hydrogen-bond donors (Lipinski definition) is 1. The third-order valence-corrected chi connectivity index (χ3v) is 5.71. The Morgan fingerprint density at radius 3 is 2.64 bits per heavy atom. The van der Waals surface area contributed by atoms with Gasteiger partial charge in [-0.1, -0.05) is 0 Å². The summed E-state index contributed by atoms with van der Waals surface area (Å²) in [5.41, 5.74) is 0.867. The summed E-state index contributed by atoms with van der Waals surface area (Å²) in [6, 6.07) is 1.86. The summed E-state index contributed by atoms with van der Waals surface area (Å²) in [6.45, 7) is 4.02. The summed E-state index contributed by atoms with van der Waals surface area (Å²) in [6.07, 6.45) is 0. The van der Waals surface area contributed by atoms with Crippen LogP contribution in [0.3, 0.4) is 0 Å². The van der Waals surface area contributed by atoms with Gasteiger partial charge >= 0.3 is 0 Å². The molecule has 1 N–H and O–H groups in total. The molecule has 0 aliphatic carbocycles. The first-order chi connectivity index (χ1) is 6.50. The van der Waals surface area contributed by atoms with Gasteiger partial charge < -0.3 is 5.32 Å². The molecule has 0 fully saturated rings. The highest BCUT2D eigenvalue weighted by molar-refractivity contribution is 7.94. The molecule has 0 unspecified atom stereocenters. The second-order valence-electron chi connectivity index (χ2n) is 3.36. The normalized spacial score (nSPS) is 12.3. The van der Waals surface area contributed by atoms with Crippen LogP contribution in [-0.2, 0) is 16.4 Å². The van der Waals surface area contributed by atoms with Crippen molar-refractivity contribution >= 4 is 21.2 Å². The molecule has 1 aromatic rings. The number of sulfone groups is 1. The lowest BCUT2D eigenvalue weighted by molar-refractivity contribution is 0.588. The van der Waals surface area contributed by atoms with Crippen molar-refractivity contribution < 1.29 is 8.42 Å². The van der Waals surface area contributed by atoms with E-state index in [1.165, 1.54) is 11.3 Å². The minimum absolute atomic E-state index is 0.350. The average molecular weight is 233 g/mol. The Balaban J connectivity index is 3.13. The van der Waals surface area contributed by atoms with Gasteiger partial charge in [0.15, 0.2) is 9.84 Å². The first-order valence-electron chi connectivity index (χ1n) is 4.45. The highest BCUT2D eigenvalue weighted by Gasteiger charge is 2.23. The standard InChI is InChI=1S/C9H15NO2S2/c1-7(2)14(11,12)9-8(6-10-3)4-5-13-9/h4-5,7,10H,6H2,1-3H3. The molecule has 0 aliphatic heterocycles. The zero-order valence-corrected chi connectivity index (χ0v) is 10.2. The van der Waals surface area contributed by atoms with Gasteiger partial charge in [-0.3, -0.25) is 0 Å². The lowest BCUT2D eigenvalue weighted by Gasteiger charge is -2.07. The maximum Gasteiger partial charge on any atom is 0.190 e. The second-order valence-corrected chi connectivity index (χ2v) is 6.97. The molecule has 0 bridgehead atoms. The van der Waals surface area contributed by atoms with E-state index in [0.29, 0.717) is 10.8 Å². The third kappa shape index (κ3) is 2.16. The van der Waals surface area contributed by atoms with Gasteiger partial charge in [-0.25, -0.2) is 8.42 Å². The van der Waals surface area contributed by atoms with Gasteiger partial charge in [-0.2, -0.15) is 0 Å². The molecule has 0 radical (unpaired) electrons. The quantitative estimate of drug-likeness (QED) is 0.860. The molecule has 3 nitrogen and oxygen atoms in total. The van der Waals surface area contributed by atoms with Crippen LogP contribution in [0.1, 0.15) is 19.4 Å². The molecule has 1 heterocycles. The molecule has 0 atom stereocenters. The topological polar surface area (TPSA) is 46.2 Å². The summed E-state index contributed by atoms with van der Waals surface area (Å²) >= 11 is 1.30. The smallest absolute Gasteiger partial charge is 0.190 e. The van der Waals surface area contributed by atoms with Gasteiger partial charge in [0.05, 0.1) is 5.25 Å². The second kappa shape index (κ2) is 4.42.